The largest absolute Gasteiger partial charge is 0.371 e. The third-order valence-corrected chi connectivity index (χ3v) is 3.14. The number of hydrogen-bond acceptors (Lipinski definition) is 3. The van der Waals surface area contributed by atoms with E-state index in [0.29, 0.717) is 12.4 Å². The normalized spacial score (nSPS) is 26.5. The van der Waals surface area contributed by atoms with Gasteiger partial charge in [-0.15, -0.1) is 5.06 Å². The summed E-state index contributed by atoms with van der Waals surface area (Å²) in [5, 5.41) is 1.75. The van der Waals surface area contributed by atoms with Crippen LogP contribution < -0.4 is 0 Å². The second-order valence-electron chi connectivity index (χ2n) is 2.75. The van der Waals surface area contributed by atoms with Crippen molar-refractivity contribution in [3.05, 3.63) is 0 Å². The number of nitrogens with zero attached hydrogens (tertiary/aromatic N) is 1. The number of halogens is 1. The molecular weight excluding hydrogens is 257 g/mol. The summed E-state index contributed by atoms with van der Waals surface area (Å²) in [6.07, 6.45) is 2.41. The van der Waals surface area contributed by atoms with Crippen LogP contribution in [0.3, 0.4) is 0 Å². The molecule has 1 unspecified atom stereocenters. The zero-order valence-corrected chi connectivity index (χ0v) is 8.49. The van der Waals surface area contributed by atoms with Gasteiger partial charge in [0.1, 0.15) is 0 Å². The summed E-state index contributed by atoms with van der Waals surface area (Å²) in [5.74, 6) is 0.698. The smallest absolute Gasteiger partial charge is 0.312 e. The number of carbonyl (C=O) groups excluding carboxylic acids is 1. The highest BCUT2D eigenvalue weighted by Gasteiger charge is 2.19. The van der Waals surface area contributed by atoms with Gasteiger partial charge in [0.2, 0.25) is 0 Å². The molecule has 1 saturated heterocycles. The van der Waals surface area contributed by atoms with Gasteiger partial charge in [0.25, 0.3) is 0 Å². The minimum Gasteiger partial charge on any atom is -0.371 e. The van der Waals surface area contributed by atoms with Gasteiger partial charge in [0, 0.05) is 17.5 Å². The minimum absolute atomic E-state index is 0.509. The van der Waals surface area contributed by atoms with Crippen LogP contribution in [0.1, 0.15) is 12.8 Å². The van der Waals surface area contributed by atoms with Crippen LogP contribution in [0.2, 0.25) is 0 Å². The Balaban J connectivity index is 2.27. The van der Waals surface area contributed by atoms with Crippen molar-refractivity contribution in [3.63, 3.8) is 0 Å². The third-order valence-electron chi connectivity index (χ3n) is 1.89. The first-order valence-electron chi connectivity index (χ1n) is 3.78. The molecule has 1 heterocycles. The predicted octanol–water partition coefficient (Wildman–Crippen LogP) is 1.22. The molecule has 1 rings (SSSR count). The van der Waals surface area contributed by atoms with Gasteiger partial charge >= 0.3 is 6.47 Å². The van der Waals surface area contributed by atoms with E-state index in [1.54, 1.807) is 5.06 Å². The highest BCUT2D eigenvalue weighted by molar-refractivity contribution is 14.1. The van der Waals surface area contributed by atoms with Crippen LogP contribution in [-0.2, 0) is 9.63 Å². The van der Waals surface area contributed by atoms with Crippen molar-refractivity contribution in [2.24, 2.45) is 5.92 Å². The summed E-state index contributed by atoms with van der Waals surface area (Å²) in [7, 11) is 0. The molecule has 0 bridgehead atoms. The molecule has 1 aliphatic heterocycles. The maximum absolute atomic E-state index is 10.0. The Labute approximate surface area is 80.2 Å². The minimum atomic E-state index is 0.509. The lowest BCUT2D eigenvalue weighted by atomic mass is 10.0. The van der Waals surface area contributed by atoms with E-state index >= 15 is 0 Å². The number of hydroxylamine groups is 2. The Morgan fingerprint density at radius 3 is 3.18 bits per heavy atom. The van der Waals surface area contributed by atoms with Crippen molar-refractivity contribution in [1.82, 2.24) is 5.06 Å². The van der Waals surface area contributed by atoms with E-state index in [4.69, 9.17) is 4.84 Å². The Morgan fingerprint density at radius 2 is 2.55 bits per heavy atom. The molecule has 0 spiro atoms. The number of rotatable bonds is 3. The fraction of sp³-hybridized carbons (Fsp3) is 0.857. The van der Waals surface area contributed by atoms with Gasteiger partial charge in [-0.2, -0.15) is 0 Å². The van der Waals surface area contributed by atoms with Crippen LogP contribution in [0.25, 0.3) is 0 Å². The van der Waals surface area contributed by atoms with Gasteiger partial charge in [-0.05, 0) is 18.8 Å². The molecule has 0 aromatic heterocycles. The van der Waals surface area contributed by atoms with Crippen molar-refractivity contribution < 1.29 is 9.63 Å². The average molecular weight is 269 g/mol. The zero-order valence-electron chi connectivity index (χ0n) is 6.33. The molecular formula is C7H12INO2. The fourth-order valence-corrected chi connectivity index (χ4v) is 2.03. The Bertz CT molecular complexity index is 132. The van der Waals surface area contributed by atoms with Crippen LogP contribution >= 0.6 is 22.6 Å². The number of hydrogen-bond donors (Lipinski definition) is 0. The van der Waals surface area contributed by atoms with Crippen molar-refractivity contribution >= 4 is 29.1 Å². The van der Waals surface area contributed by atoms with Crippen LogP contribution in [0.4, 0.5) is 0 Å². The highest BCUT2D eigenvalue weighted by Crippen LogP contribution is 2.17. The maximum atomic E-state index is 10.0. The summed E-state index contributed by atoms with van der Waals surface area (Å²) < 4.78 is 1.15. The standard InChI is InChI=1S/C7H12INO2/c8-4-7-2-1-3-9(5-7)11-6-10/h6-7H,1-5H2. The lowest BCUT2D eigenvalue weighted by molar-refractivity contribution is -0.181. The van der Waals surface area contributed by atoms with Gasteiger partial charge < -0.3 is 4.84 Å². The molecule has 11 heavy (non-hydrogen) atoms. The van der Waals surface area contributed by atoms with Gasteiger partial charge in [-0.3, -0.25) is 4.79 Å². The van der Waals surface area contributed by atoms with Gasteiger partial charge in [0.05, 0.1) is 0 Å². The molecule has 64 valence electrons. The quantitative estimate of drug-likeness (QED) is 0.438. The molecule has 0 aliphatic carbocycles. The number of carbonyl (C=O) groups is 1. The molecule has 0 aromatic carbocycles. The summed E-state index contributed by atoms with van der Waals surface area (Å²) in [6, 6.07) is 0. The van der Waals surface area contributed by atoms with E-state index in [1.165, 1.54) is 6.42 Å². The molecule has 4 heteroatoms. The summed E-state index contributed by atoms with van der Waals surface area (Å²) >= 11 is 2.37. The first kappa shape index (κ1) is 9.25. The molecule has 1 atom stereocenters. The predicted molar refractivity (Wildman–Crippen MR) is 50.3 cm³/mol. The average Bonchev–Trinajstić information content (AvgIpc) is 2.06. The van der Waals surface area contributed by atoms with E-state index in [2.05, 4.69) is 22.6 Å². The topological polar surface area (TPSA) is 29.5 Å². The summed E-state index contributed by atoms with van der Waals surface area (Å²) in [6.45, 7) is 2.31. The lowest BCUT2D eigenvalue weighted by Gasteiger charge is -2.28. The van der Waals surface area contributed by atoms with E-state index < -0.39 is 0 Å². The summed E-state index contributed by atoms with van der Waals surface area (Å²) in [4.78, 5) is 14.8. The van der Waals surface area contributed by atoms with Crippen LogP contribution in [0.5, 0.6) is 0 Å². The fourth-order valence-electron chi connectivity index (χ4n) is 1.31. The van der Waals surface area contributed by atoms with E-state index in [9.17, 15) is 4.79 Å². The van der Waals surface area contributed by atoms with Crippen molar-refractivity contribution in [1.29, 1.82) is 0 Å². The molecule has 3 nitrogen and oxygen atoms in total. The Hall–Kier alpha value is 0.160. The van der Waals surface area contributed by atoms with Crippen LogP contribution in [0, 0.1) is 5.92 Å². The Kier molecular flexibility index (Phi) is 4.14. The molecule has 0 amide bonds. The van der Waals surface area contributed by atoms with Gasteiger partial charge in [-0.25, -0.2) is 0 Å². The number of alkyl halides is 1. The number of piperidine rings is 1. The first-order valence-corrected chi connectivity index (χ1v) is 5.30. The van der Waals surface area contributed by atoms with Crippen LogP contribution in [-0.4, -0.2) is 29.1 Å². The first-order chi connectivity index (χ1) is 5.36. The van der Waals surface area contributed by atoms with Crippen molar-refractivity contribution in [2.45, 2.75) is 12.8 Å². The monoisotopic (exact) mass is 269 g/mol. The van der Waals surface area contributed by atoms with Crippen LogP contribution in [0.15, 0.2) is 0 Å². The van der Waals surface area contributed by atoms with Crippen molar-refractivity contribution in [2.75, 3.05) is 17.5 Å². The Morgan fingerprint density at radius 1 is 1.73 bits per heavy atom. The lowest BCUT2D eigenvalue weighted by Crippen LogP contribution is -2.35. The molecule has 0 N–H and O–H groups in total. The van der Waals surface area contributed by atoms with Crippen molar-refractivity contribution in [3.8, 4) is 0 Å². The second kappa shape index (κ2) is 4.92. The SMILES string of the molecule is O=CON1CCCC(CI)C1. The van der Waals surface area contributed by atoms with E-state index in [-0.39, 0.29) is 0 Å². The maximum Gasteiger partial charge on any atom is 0.312 e. The third kappa shape index (κ3) is 2.94. The van der Waals surface area contributed by atoms with Gasteiger partial charge in [0.15, 0.2) is 0 Å². The molecule has 0 aromatic rings. The van der Waals surface area contributed by atoms with Gasteiger partial charge in [-0.1, -0.05) is 22.6 Å². The summed E-state index contributed by atoms with van der Waals surface area (Å²) in [5.41, 5.74) is 0. The molecule has 0 saturated carbocycles. The second-order valence-corrected chi connectivity index (χ2v) is 3.63. The zero-order chi connectivity index (χ0) is 8.10. The van der Waals surface area contributed by atoms with E-state index in [0.717, 1.165) is 23.9 Å². The molecule has 0 radical (unpaired) electrons. The molecule has 1 aliphatic rings. The highest BCUT2D eigenvalue weighted by atomic mass is 127. The van der Waals surface area contributed by atoms with E-state index in [1.807, 2.05) is 0 Å². The molecule has 1 fully saturated rings.